The third-order valence-electron chi connectivity index (χ3n) is 3.29. The van der Waals surface area contributed by atoms with Gasteiger partial charge in [-0.15, -0.1) is 0 Å². The summed E-state index contributed by atoms with van der Waals surface area (Å²) in [5, 5.41) is 18.6. The molecular weight excluding hydrogens is 264 g/mol. The molecule has 0 saturated heterocycles. The predicted molar refractivity (Wildman–Crippen MR) is 76.1 cm³/mol. The maximum Gasteiger partial charge on any atom is 0.335 e. The molecule has 0 fully saturated rings. The van der Waals surface area contributed by atoms with E-state index in [-0.39, 0.29) is 10.6 Å². The van der Waals surface area contributed by atoms with Crippen molar-refractivity contribution in [1.82, 2.24) is 0 Å². The van der Waals surface area contributed by atoms with E-state index in [4.69, 9.17) is 14.3 Å². The summed E-state index contributed by atoms with van der Waals surface area (Å²) < 4.78 is 10.9. The first-order valence-electron chi connectivity index (χ1n) is 6.25. The van der Waals surface area contributed by atoms with Gasteiger partial charge in [0.05, 0.1) is 6.61 Å². The highest BCUT2D eigenvalue weighted by Gasteiger charge is 2.41. The Morgan fingerprint density at radius 3 is 2.16 bits per heavy atom. The molecule has 0 aromatic carbocycles. The number of ether oxygens (including phenoxy) is 1. The quantitative estimate of drug-likeness (QED) is 0.338. The van der Waals surface area contributed by atoms with Crippen LogP contribution in [0.25, 0.3) is 0 Å². The number of hydrogen-bond donors (Lipinski definition) is 2. The first kappa shape index (κ1) is 18.3. The van der Waals surface area contributed by atoms with Gasteiger partial charge in [0, 0.05) is 5.57 Å². The molecule has 2 unspecified atom stereocenters. The van der Waals surface area contributed by atoms with Crippen molar-refractivity contribution in [3.05, 3.63) is 12.2 Å². The van der Waals surface area contributed by atoms with E-state index in [1.807, 2.05) is 33.9 Å². The number of aliphatic hydroxyl groups is 2. The summed E-state index contributed by atoms with van der Waals surface area (Å²) >= 11 is 0. The Labute approximate surface area is 116 Å². The minimum Gasteiger partial charge on any atom is -0.430 e. The lowest BCUT2D eigenvalue weighted by molar-refractivity contribution is -0.181. The average molecular weight is 290 g/mol. The van der Waals surface area contributed by atoms with Gasteiger partial charge in [0.1, 0.15) is 6.10 Å². The van der Waals surface area contributed by atoms with Crippen LogP contribution in [0.15, 0.2) is 12.2 Å². The third kappa shape index (κ3) is 5.44. The van der Waals surface area contributed by atoms with E-state index < -0.39 is 33.3 Å². The van der Waals surface area contributed by atoms with Crippen molar-refractivity contribution in [2.24, 2.45) is 0 Å². The van der Waals surface area contributed by atoms with Crippen LogP contribution >= 0.6 is 0 Å². The number of hydrogen-bond acceptors (Lipinski definition) is 5. The zero-order chi connectivity index (χ0) is 15.4. The van der Waals surface area contributed by atoms with Gasteiger partial charge in [-0.2, -0.15) is 0 Å². The van der Waals surface area contributed by atoms with Gasteiger partial charge in [0.2, 0.25) is 6.29 Å². The summed E-state index contributed by atoms with van der Waals surface area (Å²) in [7, 11) is -2.23. The van der Waals surface area contributed by atoms with Crippen LogP contribution in [0, 0.1) is 0 Å². The van der Waals surface area contributed by atoms with Crippen molar-refractivity contribution in [2.75, 3.05) is 6.61 Å². The van der Waals surface area contributed by atoms with Crippen LogP contribution in [0.4, 0.5) is 0 Å². The van der Waals surface area contributed by atoms with E-state index in [0.29, 0.717) is 0 Å². The van der Waals surface area contributed by atoms with E-state index >= 15 is 0 Å². The second-order valence-corrected chi connectivity index (χ2v) is 10.9. The Bertz CT molecular complexity index is 332. The van der Waals surface area contributed by atoms with Crippen molar-refractivity contribution in [3.8, 4) is 0 Å². The van der Waals surface area contributed by atoms with Gasteiger partial charge < -0.3 is 19.4 Å². The molecule has 5 nitrogen and oxygen atoms in total. The summed E-state index contributed by atoms with van der Waals surface area (Å²) in [4.78, 5) is 11.5. The average Bonchev–Trinajstić information content (AvgIpc) is 2.24. The summed E-state index contributed by atoms with van der Waals surface area (Å²) in [6.45, 7) is 14.5. The van der Waals surface area contributed by atoms with Crippen molar-refractivity contribution in [1.29, 1.82) is 0 Å². The number of aliphatic hydroxyl groups excluding tert-OH is 2. The lowest BCUT2D eigenvalue weighted by Crippen LogP contribution is -2.49. The number of carbonyl (C=O) groups excluding carboxylic acids is 1. The molecule has 19 heavy (non-hydrogen) atoms. The molecule has 0 bridgehead atoms. The van der Waals surface area contributed by atoms with E-state index in [1.165, 1.54) is 6.92 Å². The summed E-state index contributed by atoms with van der Waals surface area (Å²) in [5.74, 6) is -0.642. The Morgan fingerprint density at radius 2 is 1.84 bits per heavy atom. The van der Waals surface area contributed by atoms with Gasteiger partial charge in [-0.25, -0.2) is 4.79 Å². The number of carbonyl (C=O) groups is 1. The number of esters is 1. The molecule has 0 spiro atoms. The molecule has 0 radical (unpaired) electrons. The highest BCUT2D eigenvalue weighted by molar-refractivity contribution is 6.74. The zero-order valence-corrected chi connectivity index (χ0v) is 13.7. The fraction of sp³-hybridized carbons (Fsp3) is 0.769. The summed E-state index contributed by atoms with van der Waals surface area (Å²) in [6, 6.07) is 0. The standard InChI is InChI=1S/C13H26O5Si/c1-9(2)11(16)17-12(10(15)8-14)18-19(6,7)13(3,4)5/h10,12,14-15H,1,8H2,2-7H3. The van der Waals surface area contributed by atoms with Gasteiger partial charge in [-0.05, 0) is 25.1 Å². The predicted octanol–water partition coefficient (Wildman–Crippen LogP) is 1.81. The van der Waals surface area contributed by atoms with Crippen LogP contribution in [0.1, 0.15) is 27.7 Å². The molecule has 0 aliphatic carbocycles. The fourth-order valence-electron chi connectivity index (χ4n) is 0.940. The maximum atomic E-state index is 11.5. The highest BCUT2D eigenvalue weighted by Crippen LogP contribution is 2.37. The van der Waals surface area contributed by atoms with E-state index in [0.717, 1.165) is 0 Å². The molecule has 0 aliphatic heterocycles. The molecule has 6 heteroatoms. The third-order valence-corrected chi connectivity index (χ3v) is 7.72. The Kier molecular flexibility index (Phi) is 6.41. The molecule has 2 atom stereocenters. The highest BCUT2D eigenvalue weighted by atomic mass is 28.4. The van der Waals surface area contributed by atoms with Crippen molar-refractivity contribution >= 4 is 14.3 Å². The second-order valence-electron chi connectivity index (χ2n) is 6.18. The number of rotatable bonds is 6. The Hall–Kier alpha value is -0.693. The Balaban J connectivity index is 4.98. The van der Waals surface area contributed by atoms with Crippen molar-refractivity contribution < 1.29 is 24.2 Å². The first-order chi connectivity index (χ1) is 8.42. The van der Waals surface area contributed by atoms with Crippen LogP contribution in [0.2, 0.25) is 18.1 Å². The minimum absolute atomic E-state index is 0.101. The smallest absolute Gasteiger partial charge is 0.335 e. The van der Waals surface area contributed by atoms with Crippen LogP contribution in [-0.2, 0) is 14.0 Å². The lowest BCUT2D eigenvalue weighted by Gasteiger charge is -2.39. The largest absolute Gasteiger partial charge is 0.430 e. The minimum atomic E-state index is -2.23. The molecule has 0 saturated carbocycles. The molecular formula is C13H26O5Si. The topological polar surface area (TPSA) is 76.0 Å². The molecule has 0 rings (SSSR count). The van der Waals surface area contributed by atoms with E-state index in [2.05, 4.69) is 6.58 Å². The van der Waals surface area contributed by atoms with Crippen LogP contribution in [-0.4, -0.2) is 43.5 Å². The fourth-order valence-corrected chi connectivity index (χ4v) is 2.08. The van der Waals surface area contributed by atoms with Gasteiger partial charge in [-0.3, -0.25) is 0 Å². The van der Waals surface area contributed by atoms with E-state index in [1.54, 1.807) is 0 Å². The maximum absolute atomic E-state index is 11.5. The second kappa shape index (κ2) is 6.65. The van der Waals surface area contributed by atoms with Gasteiger partial charge in [-0.1, -0.05) is 27.4 Å². The molecule has 0 aromatic heterocycles. The monoisotopic (exact) mass is 290 g/mol. The van der Waals surface area contributed by atoms with E-state index in [9.17, 15) is 9.90 Å². The van der Waals surface area contributed by atoms with Gasteiger partial charge >= 0.3 is 5.97 Å². The molecule has 0 aliphatic rings. The molecule has 0 amide bonds. The molecule has 2 N–H and O–H groups in total. The van der Waals surface area contributed by atoms with Crippen molar-refractivity contribution in [3.63, 3.8) is 0 Å². The van der Waals surface area contributed by atoms with Crippen LogP contribution in [0.5, 0.6) is 0 Å². The Morgan fingerprint density at radius 1 is 1.37 bits per heavy atom. The molecule has 0 heterocycles. The van der Waals surface area contributed by atoms with Crippen LogP contribution < -0.4 is 0 Å². The zero-order valence-electron chi connectivity index (χ0n) is 12.7. The summed E-state index contributed by atoms with van der Waals surface area (Å²) in [6.07, 6.45) is -2.44. The molecule has 112 valence electrons. The SMILES string of the molecule is C=C(C)C(=O)OC(O[Si](C)(C)C(C)(C)C)C(O)CO. The van der Waals surface area contributed by atoms with Gasteiger partial charge in [0.15, 0.2) is 8.32 Å². The lowest BCUT2D eigenvalue weighted by atomic mass is 10.2. The van der Waals surface area contributed by atoms with Crippen LogP contribution in [0.3, 0.4) is 0 Å². The summed E-state index contributed by atoms with van der Waals surface area (Å²) in [5.41, 5.74) is 0.217. The molecule has 0 aromatic rings. The van der Waals surface area contributed by atoms with Gasteiger partial charge in [0.25, 0.3) is 0 Å². The normalized spacial score (nSPS) is 15.8. The first-order valence-corrected chi connectivity index (χ1v) is 9.16. The van der Waals surface area contributed by atoms with Crippen molar-refractivity contribution in [2.45, 2.75) is 58.2 Å².